The molecule has 106 valence electrons. The Morgan fingerprint density at radius 1 is 1.00 bits per heavy atom. The summed E-state index contributed by atoms with van der Waals surface area (Å²) in [6.07, 6.45) is 7.47. The highest BCUT2D eigenvalue weighted by atomic mass is 15.1. The molecule has 0 N–H and O–H groups in total. The van der Waals surface area contributed by atoms with E-state index in [2.05, 4.69) is 56.3 Å². The summed E-state index contributed by atoms with van der Waals surface area (Å²) in [5.74, 6) is 1.18. The average Bonchev–Trinajstić information content (AvgIpc) is 2.42. The van der Waals surface area contributed by atoms with Crippen molar-refractivity contribution >= 4 is 5.84 Å². The second-order valence-corrected chi connectivity index (χ2v) is 5.27. The molecule has 0 saturated carbocycles. The Balaban J connectivity index is 2.39. The van der Waals surface area contributed by atoms with Crippen LogP contribution in [0.25, 0.3) is 0 Å². The van der Waals surface area contributed by atoms with Crippen LogP contribution in [0.15, 0.2) is 35.3 Å². The maximum atomic E-state index is 4.76. The van der Waals surface area contributed by atoms with Crippen LogP contribution in [0.4, 0.5) is 0 Å². The smallest absolute Gasteiger partial charge is 0.103 e. The topological polar surface area (TPSA) is 15.6 Å². The zero-order valence-corrected chi connectivity index (χ0v) is 12.7. The first-order chi connectivity index (χ1) is 9.24. The van der Waals surface area contributed by atoms with Crippen molar-refractivity contribution in [2.75, 3.05) is 20.6 Å². The van der Waals surface area contributed by atoms with Gasteiger partial charge in [-0.05, 0) is 12.0 Å². The summed E-state index contributed by atoms with van der Waals surface area (Å²) in [6.45, 7) is 3.21. The fraction of sp³-hybridized carbons (Fsp3) is 0.588. The molecule has 0 radical (unpaired) electrons. The molecule has 1 aromatic carbocycles. The minimum Gasteiger partial charge on any atom is -0.366 e. The standard InChI is InChI=1S/C17H28N2/c1-4-5-6-7-11-14-18-17(19(2)3)15-16-12-9-8-10-13-16/h8-10,12-13H,4-7,11,14-15H2,1-3H3. The highest BCUT2D eigenvalue weighted by Gasteiger charge is 2.03. The number of rotatable bonds is 8. The third-order valence-corrected chi connectivity index (χ3v) is 3.28. The van der Waals surface area contributed by atoms with Crippen LogP contribution in [-0.4, -0.2) is 31.4 Å². The van der Waals surface area contributed by atoms with Crippen LogP contribution in [0.5, 0.6) is 0 Å². The van der Waals surface area contributed by atoms with Gasteiger partial charge in [0.05, 0.1) is 0 Å². The Bertz CT molecular complexity index is 355. The van der Waals surface area contributed by atoms with Gasteiger partial charge in [0.1, 0.15) is 5.84 Å². The molecule has 0 bridgehead atoms. The lowest BCUT2D eigenvalue weighted by Gasteiger charge is -2.16. The molecular weight excluding hydrogens is 232 g/mol. The summed E-state index contributed by atoms with van der Waals surface area (Å²) >= 11 is 0. The minimum absolute atomic E-state index is 0.933. The summed E-state index contributed by atoms with van der Waals surface area (Å²) in [7, 11) is 4.16. The number of amidine groups is 1. The number of benzene rings is 1. The van der Waals surface area contributed by atoms with E-state index in [9.17, 15) is 0 Å². The minimum atomic E-state index is 0.933. The van der Waals surface area contributed by atoms with Gasteiger partial charge in [-0.1, -0.05) is 62.9 Å². The highest BCUT2D eigenvalue weighted by Crippen LogP contribution is 2.05. The number of unbranched alkanes of at least 4 members (excludes halogenated alkanes) is 4. The Labute approximate surface area is 118 Å². The van der Waals surface area contributed by atoms with Crippen molar-refractivity contribution in [1.82, 2.24) is 4.90 Å². The fourth-order valence-corrected chi connectivity index (χ4v) is 2.06. The molecule has 1 aromatic rings. The van der Waals surface area contributed by atoms with Crippen molar-refractivity contribution in [3.05, 3.63) is 35.9 Å². The van der Waals surface area contributed by atoms with Crippen molar-refractivity contribution < 1.29 is 0 Å². The number of hydrogen-bond donors (Lipinski definition) is 0. The molecule has 19 heavy (non-hydrogen) atoms. The SMILES string of the molecule is CCCCCCCN=C(Cc1ccccc1)N(C)C. The predicted molar refractivity (Wildman–Crippen MR) is 84.9 cm³/mol. The summed E-state index contributed by atoms with van der Waals surface area (Å²) in [5.41, 5.74) is 1.33. The van der Waals surface area contributed by atoms with Crippen LogP contribution in [0.3, 0.4) is 0 Å². The normalized spacial score (nSPS) is 11.6. The van der Waals surface area contributed by atoms with E-state index >= 15 is 0 Å². The second kappa shape index (κ2) is 9.60. The first kappa shape index (κ1) is 15.7. The lowest BCUT2D eigenvalue weighted by atomic mass is 10.1. The molecule has 2 heteroatoms. The molecule has 1 rings (SSSR count). The molecule has 0 aliphatic rings. The van der Waals surface area contributed by atoms with Gasteiger partial charge in [0.15, 0.2) is 0 Å². The first-order valence-corrected chi connectivity index (χ1v) is 7.48. The first-order valence-electron chi connectivity index (χ1n) is 7.48. The van der Waals surface area contributed by atoms with Gasteiger partial charge in [-0.15, -0.1) is 0 Å². The zero-order chi connectivity index (χ0) is 13.9. The Hall–Kier alpha value is -1.31. The Morgan fingerprint density at radius 2 is 1.68 bits per heavy atom. The van der Waals surface area contributed by atoms with E-state index in [1.165, 1.54) is 43.5 Å². The number of hydrogen-bond acceptors (Lipinski definition) is 1. The quantitative estimate of drug-likeness (QED) is 0.389. The monoisotopic (exact) mass is 260 g/mol. The van der Waals surface area contributed by atoms with E-state index in [0.29, 0.717) is 0 Å². The van der Waals surface area contributed by atoms with Gasteiger partial charge in [0.25, 0.3) is 0 Å². The summed E-state index contributed by atoms with van der Waals surface area (Å²) in [6, 6.07) is 10.6. The second-order valence-electron chi connectivity index (χ2n) is 5.27. The Morgan fingerprint density at radius 3 is 2.32 bits per heavy atom. The van der Waals surface area contributed by atoms with Crippen molar-refractivity contribution in [2.45, 2.75) is 45.4 Å². The molecule has 0 aromatic heterocycles. The maximum absolute atomic E-state index is 4.76. The zero-order valence-electron chi connectivity index (χ0n) is 12.7. The van der Waals surface area contributed by atoms with Gasteiger partial charge in [0, 0.05) is 27.1 Å². The van der Waals surface area contributed by atoms with E-state index in [-0.39, 0.29) is 0 Å². The van der Waals surface area contributed by atoms with Gasteiger partial charge in [-0.3, -0.25) is 4.99 Å². The molecule has 0 aliphatic carbocycles. The van der Waals surface area contributed by atoms with Gasteiger partial charge in [-0.2, -0.15) is 0 Å². The third-order valence-electron chi connectivity index (χ3n) is 3.28. The van der Waals surface area contributed by atoms with Gasteiger partial charge in [0.2, 0.25) is 0 Å². The van der Waals surface area contributed by atoms with E-state index < -0.39 is 0 Å². The maximum Gasteiger partial charge on any atom is 0.103 e. The van der Waals surface area contributed by atoms with Crippen molar-refractivity contribution in [1.29, 1.82) is 0 Å². The van der Waals surface area contributed by atoms with Crippen LogP contribution in [-0.2, 0) is 6.42 Å². The molecule has 0 saturated heterocycles. The summed E-state index contributed by atoms with van der Waals surface area (Å²) in [4.78, 5) is 6.90. The number of nitrogens with zero attached hydrogens (tertiary/aromatic N) is 2. The number of aliphatic imine (C=N–C) groups is 1. The molecule has 0 atom stereocenters. The van der Waals surface area contributed by atoms with Crippen LogP contribution in [0, 0.1) is 0 Å². The largest absolute Gasteiger partial charge is 0.366 e. The summed E-state index contributed by atoms with van der Waals surface area (Å²) < 4.78 is 0. The highest BCUT2D eigenvalue weighted by molar-refractivity contribution is 5.84. The molecule has 0 fully saturated rings. The van der Waals surface area contributed by atoms with Crippen LogP contribution in [0.2, 0.25) is 0 Å². The van der Waals surface area contributed by atoms with Gasteiger partial charge >= 0.3 is 0 Å². The molecule has 0 spiro atoms. The van der Waals surface area contributed by atoms with E-state index in [1.807, 2.05) is 0 Å². The van der Waals surface area contributed by atoms with Crippen LogP contribution >= 0.6 is 0 Å². The van der Waals surface area contributed by atoms with Crippen molar-refractivity contribution in [3.8, 4) is 0 Å². The number of likely N-dealkylation sites (N-methyl/N-ethyl adjacent to an activating group) is 1. The summed E-state index contributed by atoms with van der Waals surface area (Å²) in [5, 5.41) is 0. The molecular formula is C17H28N2. The van der Waals surface area contributed by atoms with Crippen molar-refractivity contribution in [2.24, 2.45) is 4.99 Å². The lowest BCUT2D eigenvalue weighted by Crippen LogP contribution is -2.24. The fourth-order valence-electron chi connectivity index (χ4n) is 2.06. The van der Waals surface area contributed by atoms with E-state index in [1.54, 1.807) is 0 Å². The molecule has 0 amide bonds. The third kappa shape index (κ3) is 7.00. The van der Waals surface area contributed by atoms with Gasteiger partial charge < -0.3 is 4.90 Å². The molecule has 0 unspecified atom stereocenters. The molecule has 2 nitrogen and oxygen atoms in total. The van der Waals surface area contributed by atoms with Gasteiger partial charge in [-0.25, -0.2) is 0 Å². The van der Waals surface area contributed by atoms with Crippen molar-refractivity contribution in [3.63, 3.8) is 0 Å². The Kier molecular flexibility index (Phi) is 7.95. The van der Waals surface area contributed by atoms with Crippen LogP contribution in [0.1, 0.15) is 44.6 Å². The van der Waals surface area contributed by atoms with E-state index in [4.69, 9.17) is 4.99 Å². The lowest BCUT2D eigenvalue weighted by molar-refractivity contribution is 0.595. The average molecular weight is 260 g/mol. The predicted octanol–water partition coefficient (Wildman–Crippen LogP) is 4.16. The van der Waals surface area contributed by atoms with E-state index in [0.717, 1.165) is 13.0 Å². The molecule has 0 aliphatic heterocycles. The van der Waals surface area contributed by atoms with Crippen LogP contribution < -0.4 is 0 Å². The molecule has 0 heterocycles.